The standard InChI is InChI=1S/C11H15IO/c1-3-9-5-6-11(13-4-2)7-10(9)8-12/h5-7H,3-4,8H2,1-2H3. The van der Waals surface area contributed by atoms with E-state index in [4.69, 9.17) is 4.74 Å². The molecule has 72 valence electrons. The molecular weight excluding hydrogens is 275 g/mol. The van der Waals surface area contributed by atoms with Gasteiger partial charge >= 0.3 is 0 Å². The van der Waals surface area contributed by atoms with Crippen LogP contribution >= 0.6 is 22.6 Å². The second kappa shape index (κ2) is 5.47. The van der Waals surface area contributed by atoms with Gasteiger partial charge in [0.1, 0.15) is 5.75 Å². The Balaban J connectivity index is 2.91. The van der Waals surface area contributed by atoms with Crippen LogP contribution in [0.2, 0.25) is 0 Å². The lowest BCUT2D eigenvalue weighted by molar-refractivity contribution is 0.340. The Morgan fingerprint density at radius 1 is 1.23 bits per heavy atom. The monoisotopic (exact) mass is 290 g/mol. The maximum absolute atomic E-state index is 5.44. The first-order valence-electron chi connectivity index (χ1n) is 4.62. The Bertz CT molecular complexity index is 271. The maximum atomic E-state index is 5.44. The second-order valence-electron chi connectivity index (χ2n) is 2.85. The molecule has 0 saturated heterocycles. The zero-order valence-electron chi connectivity index (χ0n) is 8.14. The number of alkyl halides is 1. The number of ether oxygens (including phenoxy) is 1. The normalized spacial score (nSPS) is 10.1. The summed E-state index contributed by atoms with van der Waals surface area (Å²) in [4.78, 5) is 0. The van der Waals surface area contributed by atoms with Crippen molar-refractivity contribution in [1.29, 1.82) is 0 Å². The minimum absolute atomic E-state index is 0.742. The van der Waals surface area contributed by atoms with Gasteiger partial charge in [-0.3, -0.25) is 0 Å². The lowest BCUT2D eigenvalue weighted by Crippen LogP contribution is -1.94. The van der Waals surface area contributed by atoms with Crippen molar-refractivity contribution in [1.82, 2.24) is 0 Å². The summed E-state index contributed by atoms with van der Waals surface area (Å²) in [6.07, 6.45) is 1.10. The average Bonchev–Trinajstić information content (AvgIpc) is 2.18. The maximum Gasteiger partial charge on any atom is 0.119 e. The van der Waals surface area contributed by atoms with E-state index in [9.17, 15) is 0 Å². The molecule has 0 bridgehead atoms. The Labute approximate surface area is 93.6 Å². The first-order chi connectivity index (χ1) is 6.31. The Kier molecular flexibility index (Phi) is 4.56. The third kappa shape index (κ3) is 2.86. The van der Waals surface area contributed by atoms with Crippen molar-refractivity contribution in [2.45, 2.75) is 24.7 Å². The summed E-state index contributed by atoms with van der Waals surface area (Å²) >= 11 is 2.39. The number of rotatable bonds is 4. The predicted molar refractivity (Wildman–Crippen MR) is 64.7 cm³/mol. The fourth-order valence-electron chi connectivity index (χ4n) is 1.33. The smallest absolute Gasteiger partial charge is 0.119 e. The van der Waals surface area contributed by atoms with Crippen molar-refractivity contribution in [2.75, 3.05) is 6.61 Å². The van der Waals surface area contributed by atoms with E-state index in [0.717, 1.165) is 23.2 Å². The molecule has 0 aliphatic rings. The molecule has 1 rings (SSSR count). The summed E-state index contributed by atoms with van der Waals surface area (Å²) in [5.41, 5.74) is 2.83. The fraction of sp³-hybridized carbons (Fsp3) is 0.455. The van der Waals surface area contributed by atoms with Gasteiger partial charge in [0.2, 0.25) is 0 Å². The van der Waals surface area contributed by atoms with Gasteiger partial charge in [-0.25, -0.2) is 0 Å². The van der Waals surface area contributed by atoms with E-state index in [2.05, 4.69) is 47.7 Å². The second-order valence-corrected chi connectivity index (χ2v) is 3.61. The molecule has 0 aliphatic heterocycles. The molecule has 1 nitrogen and oxygen atoms in total. The highest BCUT2D eigenvalue weighted by Gasteiger charge is 2.01. The topological polar surface area (TPSA) is 9.23 Å². The van der Waals surface area contributed by atoms with Crippen LogP contribution in [0.1, 0.15) is 25.0 Å². The molecule has 2 heteroatoms. The van der Waals surface area contributed by atoms with E-state index in [1.165, 1.54) is 11.1 Å². The van der Waals surface area contributed by atoms with Crippen molar-refractivity contribution >= 4 is 22.6 Å². The largest absolute Gasteiger partial charge is 0.494 e. The molecule has 0 radical (unpaired) electrons. The highest BCUT2D eigenvalue weighted by molar-refractivity contribution is 14.1. The van der Waals surface area contributed by atoms with Gasteiger partial charge in [0.15, 0.2) is 0 Å². The van der Waals surface area contributed by atoms with Crippen molar-refractivity contribution in [3.8, 4) is 5.75 Å². The molecule has 0 saturated carbocycles. The van der Waals surface area contributed by atoms with Crippen molar-refractivity contribution in [3.05, 3.63) is 29.3 Å². The minimum atomic E-state index is 0.742. The van der Waals surface area contributed by atoms with Crippen LogP contribution in [0.3, 0.4) is 0 Å². The molecule has 0 aromatic heterocycles. The third-order valence-electron chi connectivity index (χ3n) is 2.01. The first kappa shape index (κ1) is 10.8. The summed E-state index contributed by atoms with van der Waals surface area (Å²) in [6.45, 7) is 4.94. The summed E-state index contributed by atoms with van der Waals surface area (Å²) in [5.74, 6) is 0.992. The molecule has 0 fully saturated rings. The van der Waals surface area contributed by atoms with Gasteiger partial charge in [-0.05, 0) is 36.6 Å². The average molecular weight is 290 g/mol. The van der Waals surface area contributed by atoms with E-state index in [0.29, 0.717) is 0 Å². The summed E-state index contributed by atoms with van der Waals surface area (Å²) < 4.78 is 6.50. The zero-order chi connectivity index (χ0) is 9.68. The van der Waals surface area contributed by atoms with E-state index < -0.39 is 0 Å². The van der Waals surface area contributed by atoms with Crippen molar-refractivity contribution < 1.29 is 4.74 Å². The van der Waals surface area contributed by atoms with Crippen LogP contribution in [0.5, 0.6) is 5.75 Å². The zero-order valence-corrected chi connectivity index (χ0v) is 10.3. The summed E-state index contributed by atoms with van der Waals surface area (Å²) in [6, 6.07) is 6.37. The number of aryl methyl sites for hydroxylation is 1. The molecule has 1 aromatic carbocycles. The summed E-state index contributed by atoms with van der Waals surface area (Å²) in [7, 11) is 0. The molecule has 0 unspecified atom stereocenters. The lowest BCUT2D eigenvalue weighted by Gasteiger charge is -2.08. The third-order valence-corrected chi connectivity index (χ3v) is 2.84. The lowest BCUT2D eigenvalue weighted by atomic mass is 10.1. The number of halogens is 1. The molecule has 1 aromatic rings. The number of hydrogen-bond donors (Lipinski definition) is 0. The van der Waals surface area contributed by atoms with Crippen LogP contribution in [0.4, 0.5) is 0 Å². The van der Waals surface area contributed by atoms with Gasteiger partial charge in [-0.1, -0.05) is 35.6 Å². The number of hydrogen-bond acceptors (Lipinski definition) is 1. The highest BCUT2D eigenvalue weighted by atomic mass is 127. The van der Waals surface area contributed by atoms with Crippen LogP contribution in [0, 0.1) is 0 Å². The predicted octanol–water partition coefficient (Wildman–Crippen LogP) is 3.58. The van der Waals surface area contributed by atoms with E-state index in [-0.39, 0.29) is 0 Å². The van der Waals surface area contributed by atoms with Gasteiger partial charge in [0, 0.05) is 4.43 Å². The van der Waals surface area contributed by atoms with Gasteiger partial charge < -0.3 is 4.74 Å². The van der Waals surface area contributed by atoms with Crippen LogP contribution in [-0.4, -0.2) is 6.61 Å². The van der Waals surface area contributed by atoms with Gasteiger partial charge in [-0.15, -0.1) is 0 Å². The molecule has 13 heavy (non-hydrogen) atoms. The first-order valence-corrected chi connectivity index (χ1v) is 6.14. The van der Waals surface area contributed by atoms with Gasteiger partial charge in [0.25, 0.3) is 0 Å². The van der Waals surface area contributed by atoms with E-state index in [1.807, 2.05) is 6.92 Å². The van der Waals surface area contributed by atoms with Crippen LogP contribution in [-0.2, 0) is 10.8 Å². The molecule has 0 spiro atoms. The SMILES string of the molecule is CCOc1ccc(CC)c(CI)c1. The van der Waals surface area contributed by atoms with E-state index in [1.54, 1.807) is 0 Å². The van der Waals surface area contributed by atoms with E-state index >= 15 is 0 Å². The summed E-state index contributed by atoms with van der Waals surface area (Å²) in [5, 5.41) is 0. The minimum Gasteiger partial charge on any atom is -0.494 e. The van der Waals surface area contributed by atoms with Crippen LogP contribution < -0.4 is 4.74 Å². The van der Waals surface area contributed by atoms with Gasteiger partial charge in [0.05, 0.1) is 6.61 Å². The van der Waals surface area contributed by atoms with Crippen molar-refractivity contribution in [2.24, 2.45) is 0 Å². The Morgan fingerprint density at radius 2 is 2.00 bits per heavy atom. The van der Waals surface area contributed by atoms with Crippen LogP contribution in [0.15, 0.2) is 18.2 Å². The number of benzene rings is 1. The highest BCUT2D eigenvalue weighted by Crippen LogP contribution is 2.20. The fourth-order valence-corrected chi connectivity index (χ4v) is 2.04. The van der Waals surface area contributed by atoms with Crippen LogP contribution in [0.25, 0.3) is 0 Å². The molecule has 0 amide bonds. The molecule has 0 heterocycles. The molecular formula is C11H15IO. The molecule has 0 atom stereocenters. The molecule has 0 aliphatic carbocycles. The van der Waals surface area contributed by atoms with Gasteiger partial charge in [-0.2, -0.15) is 0 Å². The Morgan fingerprint density at radius 3 is 2.54 bits per heavy atom. The van der Waals surface area contributed by atoms with Crippen molar-refractivity contribution in [3.63, 3.8) is 0 Å². The quantitative estimate of drug-likeness (QED) is 0.608. The molecule has 0 N–H and O–H groups in total. The Hall–Kier alpha value is -0.250.